The van der Waals surface area contributed by atoms with E-state index >= 15 is 0 Å². The minimum Gasteiger partial charge on any atom is -0.508 e. The Morgan fingerprint density at radius 1 is 1.24 bits per heavy atom. The summed E-state index contributed by atoms with van der Waals surface area (Å²) in [6.45, 7) is 0. The molecule has 2 aromatic carbocycles. The van der Waals surface area contributed by atoms with Crippen molar-refractivity contribution < 1.29 is 5.11 Å². The minimum absolute atomic E-state index is 0.237. The lowest BCUT2D eigenvalue weighted by Crippen LogP contribution is -2.17. The van der Waals surface area contributed by atoms with Crippen molar-refractivity contribution in [3.8, 4) is 5.75 Å². The third-order valence-corrected chi connectivity index (χ3v) is 4.26. The Bertz CT molecular complexity index is 794. The number of anilines is 1. The molecule has 3 N–H and O–H groups in total. The predicted octanol–water partition coefficient (Wildman–Crippen LogP) is 3.76. The van der Waals surface area contributed by atoms with Crippen LogP contribution in [0.1, 0.15) is 30.0 Å². The number of aryl methyl sites for hydroxylation is 1. The van der Waals surface area contributed by atoms with Crippen LogP contribution >= 0.6 is 0 Å². The van der Waals surface area contributed by atoms with Crippen molar-refractivity contribution in [3.05, 3.63) is 53.7 Å². The van der Waals surface area contributed by atoms with Gasteiger partial charge in [0, 0.05) is 11.1 Å². The number of hydrogen-bond acceptors (Lipinski definition) is 3. The highest BCUT2D eigenvalue weighted by atomic mass is 16.3. The zero-order valence-corrected chi connectivity index (χ0v) is 11.6. The molecule has 4 rings (SSSR count). The largest absolute Gasteiger partial charge is 0.508 e. The van der Waals surface area contributed by atoms with E-state index in [9.17, 15) is 5.11 Å². The molecule has 21 heavy (non-hydrogen) atoms. The van der Waals surface area contributed by atoms with Gasteiger partial charge < -0.3 is 10.4 Å². The summed E-state index contributed by atoms with van der Waals surface area (Å²) in [7, 11) is 0. The van der Waals surface area contributed by atoms with E-state index in [2.05, 4.69) is 21.6 Å². The van der Waals surface area contributed by atoms with Crippen LogP contribution in [-0.4, -0.2) is 15.3 Å². The van der Waals surface area contributed by atoms with Crippen molar-refractivity contribution in [3.63, 3.8) is 0 Å². The number of benzene rings is 2. The van der Waals surface area contributed by atoms with Crippen molar-refractivity contribution in [2.75, 3.05) is 5.32 Å². The first-order valence-corrected chi connectivity index (χ1v) is 7.32. The smallest absolute Gasteiger partial charge is 0.115 e. The SMILES string of the molecule is Oc1ccc2c(c1)C(Nc1cccc3[nH]ncc13)CCC2. The zero-order valence-electron chi connectivity index (χ0n) is 11.6. The Morgan fingerprint density at radius 2 is 2.19 bits per heavy atom. The van der Waals surface area contributed by atoms with E-state index in [4.69, 9.17) is 0 Å². The number of aromatic hydroxyl groups is 1. The quantitative estimate of drug-likeness (QED) is 0.669. The highest BCUT2D eigenvalue weighted by Gasteiger charge is 2.21. The van der Waals surface area contributed by atoms with Crippen LogP contribution in [0.4, 0.5) is 5.69 Å². The summed E-state index contributed by atoms with van der Waals surface area (Å²) < 4.78 is 0. The van der Waals surface area contributed by atoms with Gasteiger partial charge in [-0.25, -0.2) is 0 Å². The van der Waals surface area contributed by atoms with Crippen molar-refractivity contribution in [1.82, 2.24) is 10.2 Å². The van der Waals surface area contributed by atoms with Crippen LogP contribution in [0.25, 0.3) is 10.9 Å². The molecule has 1 aliphatic rings. The molecule has 0 saturated heterocycles. The second kappa shape index (κ2) is 4.81. The van der Waals surface area contributed by atoms with Gasteiger partial charge in [-0.1, -0.05) is 12.1 Å². The summed E-state index contributed by atoms with van der Waals surface area (Å²) in [5.74, 6) is 0.337. The van der Waals surface area contributed by atoms with E-state index in [0.717, 1.165) is 35.9 Å². The molecule has 1 aliphatic carbocycles. The minimum atomic E-state index is 0.237. The lowest BCUT2D eigenvalue weighted by molar-refractivity contribution is 0.471. The Labute approximate surface area is 122 Å². The Kier molecular flexibility index (Phi) is 2.81. The first-order valence-electron chi connectivity index (χ1n) is 7.32. The fraction of sp³-hybridized carbons (Fsp3) is 0.235. The summed E-state index contributed by atoms with van der Waals surface area (Å²) in [5.41, 5.74) is 4.66. The average molecular weight is 279 g/mol. The monoisotopic (exact) mass is 279 g/mol. The number of aromatic nitrogens is 2. The Balaban J connectivity index is 1.73. The van der Waals surface area contributed by atoms with Gasteiger partial charge in [-0.15, -0.1) is 0 Å². The first kappa shape index (κ1) is 12.3. The summed E-state index contributed by atoms with van der Waals surface area (Å²) in [4.78, 5) is 0. The second-order valence-electron chi connectivity index (χ2n) is 5.61. The summed E-state index contributed by atoms with van der Waals surface area (Å²) in [5, 5.41) is 21.6. The molecule has 1 unspecified atom stereocenters. The fourth-order valence-corrected chi connectivity index (χ4v) is 3.22. The van der Waals surface area contributed by atoms with E-state index < -0.39 is 0 Å². The Morgan fingerprint density at radius 3 is 3.14 bits per heavy atom. The molecule has 106 valence electrons. The molecule has 3 aromatic rings. The molecule has 4 nitrogen and oxygen atoms in total. The molecule has 0 spiro atoms. The second-order valence-corrected chi connectivity index (χ2v) is 5.61. The Hall–Kier alpha value is -2.49. The van der Waals surface area contributed by atoms with Crippen LogP contribution in [0.2, 0.25) is 0 Å². The van der Waals surface area contributed by atoms with Gasteiger partial charge in [-0.05, 0) is 54.7 Å². The number of nitrogens with one attached hydrogen (secondary N) is 2. The van der Waals surface area contributed by atoms with Crippen LogP contribution < -0.4 is 5.32 Å². The topological polar surface area (TPSA) is 60.9 Å². The van der Waals surface area contributed by atoms with Crippen LogP contribution in [0.15, 0.2) is 42.6 Å². The van der Waals surface area contributed by atoms with Gasteiger partial charge in [0.25, 0.3) is 0 Å². The number of H-pyrrole nitrogens is 1. The van der Waals surface area contributed by atoms with Gasteiger partial charge >= 0.3 is 0 Å². The van der Waals surface area contributed by atoms with Crippen molar-refractivity contribution in [2.45, 2.75) is 25.3 Å². The third kappa shape index (κ3) is 2.13. The van der Waals surface area contributed by atoms with E-state index in [-0.39, 0.29) is 6.04 Å². The van der Waals surface area contributed by atoms with E-state index in [1.165, 1.54) is 11.1 Å². The van der Waals surface area contributed by atoms with Gasteiger partial charge in [-0.2, -0.15) is 5.10 Å². The number of phenolic OH excluding ortho intramolecular Hbond substituents is 1. The van der Waals surface area contributed by atoms with Gasteiger partial charge in [0.15, 0.2) is 0 Å². The lowest BCUT2D eigenvalue weighted by Gasteiger charge is -2.27. The summed E-state index contributed by atoms with van der Waals surface area (Å²) in [6, 6.07) is 12.1. The van der Waals surface area contributed by atoms with Crippen LogP contribution in [0.3, 0.4) is 0 Å². The number of hydrogen-bond donors (Lipinski definition) is 3. The number of phenols is 1. The highest BCUT2D eigenvalue weighted by Crippen LogP contribution is 2.35. The number of aromatic amines is 1. The van der Waals surface area contributed by atoms with Crippen LogP contribution in [-0.2, 0) is 6.42 Å². The number of fused-ring (bicyclic) bond motifs is 2. The number of rotatable bonds is 2. The van der Waals surface area contributed by atoms with E-state index in [1.54, 1.807) is 6.07 Å². The lowest BCUT2D eigenvalue weighted by atomic mass is 9.87. The van der Waals surface area contributed by atoms with Crippen molar-refractivity contribution in [1.29, 1.82) is 0 Å². The molecule has 0 aliphatic heterocycles. The fourth-order valence-electron chi connectivity index (χ4n) is 3.22. The molecule has 0 amide bonds. The molecular weight excluding hydrogens is 262 g/mol. The maximum atomic E-state index is 9.77. The van der Waals surface area contributed by atoms with Crippen LogP contribution in [0.5, 0.6) is 5.75 Å². The molecular formula is C17H17N3O. The molecule has 0 fully saturated rings. The normalized spacial score (nSPS) is 17.6. The molecule has 0 saturated carbocycles. The standard InChI is InChI=1S/C17H17N3O/c21-12-8-7-11-3-1-4-15(13(11)9-12)19-16-5-2-6-17-14(16)10-18-20-17/h2,5-10,15,19,21H,1,3-4H2,(H,18,20). The van der Waals surface area contributed by atoms with Gasteiger partial charge in [0.2, 0.25) is 0 Å². The van der Waals surface area contributed by atoms with Crippen molar-refractivity contribution >= 4 is 16.6 Å². The van der Waals surface area contributed by atoms with E-state index in [1.807, 2.05) is 30.5 Å². The highest BCUT2D eigenvalue weighted by molar-refractivity contribution is 5.91. The molecule has 0 bridgehead atoms. The predicted molar refractivity (Wildman–Crippen MR) is 83.5 cm³/mol. The van der Waals surface area contributed by atoms with Gasteiger partial charge in [0.1, 0.15) is 5.75 Å². The summed E-state index contributed by atoms with van der Waals surface area (Å²) in [6.07, 6.45) is 5.18. The molecule has 1 heterocycles. The maximum absolute atomic E-state index is 9.77. The summed E-state index contributed by atoms with van der Waals surface area (Å²) >= 11 is 0. The van der Waals surface area contributed by atoms with Gasteiger partial charge in [-0.3, -0.25) is 5.10 Å². The molecule has 0 radical (unpaired) electrons. The molecule has 1 aromatic heterocycles. The third-order valence-electron chi connectivity index (χ3n) is 4.26. The first-order chi connectivity index (χ1) is 10.3. The van der Waals surface area contributed by atoms with E-state index in [0.29, 0.717) is 5.75 Å². The average Bonchev–Trinajstić information content (AvgIpc) is 2.97. The molecule has 4 heteroatoms. The zero-order chi connectivity index (χ0) is 14.2. The molecule has 1 atom stereocenters. The van der Waals surface area contributed by atoms with Crippen molar-refractivity contribution in [2.24, 2.45) is 0 Å². The maximum Gasteiger partial charge on any atom is 0.115 e. The van der Waals surface area contributed by atoms with Gasteiger partial charge in [0.05, 0.1) is 17.8 Å². The number of nitrogens with zero attached hydrogens (tertiary/aromatic N) is 1. The van der Waals surface area contributed by atoms with Crippen LogP contribution in [0, 0.1) is 0 Å².